The maximum absolute atomic E-state index is 10.7. The summed E-state index contributed by atoms with van der Waals surface area (Å²) in [6.45, 7) is 3.81. The minimum Gasteiger partial charge on any atom is -0.540 e. The number of carbonyl (C=O) groups is 2. The molecule has 0 unspecified atom stereocenters. The Hall–Kier alpha value is -1.84. The molecule has 1 N–H and O–H groups in total. The lowest BCUT2D eigenvalue weighted by molar-refractivity contribution is -0.299. The average Bonchev–Trinajstić information content (AvgIpc) is 2.11. The molecule has 1 amide bonds. The van der Waals surface area contributed by atoms with Crippen LogP contribution in [0.5, 0.6) is 0 Å². The van der Waals surface area contributed by atoms with Gasteiger partial charge < -0.3 is 15.2 Å². The van der Waals surface area contributed by atoms with Crippen LogP contribution in [-0.2, 0) is 9.59 Å². The molecule has 0 aromatic heterocycles. The molecule has 0 aliphatic heterocycles. The highest BCUT2D eigenvalue weighted by atomic mass is 16.4. The molecule has 74 valence electrons. The van der Waals surface area contributed by atoms with Gasteiger partial charge in [0.25, 0.3) is 5.91 Å². The van der Waals surface area contributed by atoms with Gasteiger partial charge in [-0.15, -0.1) is 0 Å². The SMILES string of the molecule is Cc1ccc(NC(=O)C(=O)[O-])cc1C. The highest BCUT2D eigenvalue weighted by Gasteiger charge is 2.02. The van der Waals surface area contributed by atoms with Crippen LogP contribution in [0, 0.1) is 13.8 Å². The molecule has 0 bridgehead atoms. The number of benzene rings is 1. The quantitative estimate of drug-likeness (QED) is 0.636. The van der Waals surface area contributed by atoms with Crippen molar-refractivity contribution in [1.82, 2.24) is 0 Å². The van der Waals surface area contributed by atoms with E-state index in [9.17, 15) is 14.7 Å². The van der Waals surface area contributed by atoms with Crippen LogP contribution in [0.3, 0.4) is 0 Å². The Labute approximate surface area is 81.6 Å². The number of anilines is 1. The highest BCUT2D eigenvalue weighted by molar-refractivity contribution is 6.35. The van der Waals surface area contributed by atoms with E-state index in [1.54, 1.807) is 18.2 Å². The van der Waals surface area contributed by atoms with E-state index in [1.165, 1.54) is 0 Å². The van der Waals surface area contributed by atoms with Gasteiger partial charge in [-0.1, -0.05) is 6.07 Å². The number of aliphatic carboxylic acids is 1. The largest absolute Gasteiger partial charge is 0.540 e. The fourth-order valence-electron chi connectivity index (χ4n) is 1.00. The minimum absolute atomic E-state index is 0.460. The van der Waals surface area contributed by atoms with Crippen molar-refractivity contribution >= 4 is 17.6 Å². The molecule has 1 aromatic carbocycles. The first-order chi connectivity index (χ1) is 6.50. The van der Waals surface area contributed by atoms with Crippen molar-refractivity contribution in [3.63, 3.8) is 0 Å². The van der Waals surface area contributed by atoms with Gasteiger partial charge in [0.05, 0.1) is 0 Å². The van der Waals surface area contributed by atoms with Gasteiger partial charge in [-0.05, 0) is 37.1 Å². The molecule has 0 aliphatic rings. The molecule has 0 aliphatic carbocycles. The Balaban J connectivity index is 2.83. The third-order valence-electron chi connectivity index (χ3n) is 1.95. The van der Waals surface area contributed by atoms with Gasteiger partial charge in [0.15, 0.2) is 0 Å². The lowest BCUT2D eigenvalue weighted by Gasteiger charge is -2.07. The molecule has 0 spiro atoms. The van der Waals surface area contributed by atoms with E-state index in [0.29, 0.717) is 5.69 Å². The predicted molar refractivity (Wildman–Crippen MR) is 49.6 cm³/mol. The zero-order valence-corrected chi connectivity index (χ0v) is 7.96. The molecule has 0 atom stereocenters. The van der Waals surface area contributed by atoms with Gasteiger partial charge in [-0.2, -0.15) is 0 Å². The van der Waals surface area contributed by atoms with Gasteiger partial charge in [-0.25, -0.2) is 0 Å². The van der Waals surface area contributed by atoms with Crippen molar-refractivity contribution in [2.24, 2.45) is 0 Å². The minimum atomic E-state index is -1.73. The normalized spacial score (nSPS) is 9.57. The summed E-state index contributed by atoms with van der Waals surface area (Å²) >= 11 is 0. The second-order valence-electron chi connectivity index (χ2n) is 3.04. The Morgan fingerprint density at radius 2 is 1.86 bits per heavy atom. The molecule has 0 radical (unpaired) electrons. The molecule has 0 saturated carbocycles. The first kappa shape index (κ1) is 10.2. The summed E-state index contributed by atoms with van der Waals surface area (Å²) in [6, 6.07) is 5.15. The fraction of sp³-hybridized carbons (Fsp3) is 0.200. The molecule has 14 heavy (non-hydrogen) atoms. The molecule has 0 fully saturated rings. The smallest absolute Gasteiger partial charge is 0.271 e. The van der Waals surface area contributed by atoms with Crippen molar-refractivity contribution in [3.8, 4) is 0 Å². The van der Waals surface area contributed by atoms with E-state index in [0.717, 1.165) is 11.1 Å². The topological polar surface area (TPSA) is 69.2 Å². The second-order valence-corrected chi connectivity index (χ2v) is 3.04. The number of hydrogen-bond acceptors (Lipinski definition) is 3. The van der Waals surface area contributed by atoms with Gasteiger partial charge in [-0.3, -0.25) is 4.79 Å². The number of amides is 1. The van der Waals surface area contributed by atoms with Crippen molar-refractivity contribution in [2.75, 3.05) is 5.32 Å². The summed E-state index contributed by atoms with van der Waals surface area (Å²) in [6.07, 6.45) is 0. The standard InChI is InChI=1S/C10H11NO3/c1-6-3-4-8(5-7(6)2)11-9(12)10(13)14/h3-5H,1-2H3,(H,11,12)(H,13,14)/p-1. The summed E-state index contributed by atoms with van der Waals surface area (Å²) < 4.78 is 0. The molecular formula is C10H10NO3-. The average molecular weight is 192 g/mol. The van der Waals surface area contributed by atoms with Gasteiger partial charge in [0.1, 0.15) is 5.97 Å². The Bertz CT molecular complexity index is 385. The van der Waals surface area contributed by atoms with Crippen molar-refractivity contribution in [2.45, 2.75) is 13.8 Å². The number of hydrogen-bond donors (Lipinski definition) is 1. The molecule has 1 rings (SSSR count). The molecule has 4 nitrogen and oxygen atoms in total. The van der Waals surface area contributed by atoms with E-state index in [-0.39, 0.29) is 0 Å². The summed E-state index contributed by atoms with van der Waals surface area (Å²) in [5, 5.41) is 12.3. The third kappa shape index (κ3) is 2.32. The fourth-order valence-corrected chi connectivity index (χ4v) is 1.00. The van der Waals surface area contributed by atoms with Crippen LogP contribution in [0.1, 0.15) is 11.1 Å². The summed E-state index contributed by atoms with van der Waals surface area (Å²) in [5.41, 5.74) is 2.53. The van der Waals surface area contributed by atoms with E-state index >= 15 is 0 Å². The zero-order chi connectivity index (χ0) is 10.7. The van der Waals surface area contributed by atoms with Crippen molar-refractivity contribution in [3.05, 3.63) is 29.3 Å². The van der Waals surface area contributed by atoms with Crippen LogP contribution >= 0.6 is 0 Å². The predicted octanol–water partition coefficient (Wildman–Crippen LogP) is -0.00816. The zero-order valence-electron chi connectivity index (χ0n) is 7.96. The molecular weight excluding hydrogens is 182 g/mol. The van der Waals surface area contributed by atoms with Crippen molar-refractivity contribution in [1.29, 1.82) is 0 Å². The number of carboxylic acid groups (broad SMARTS) is 1. The van der Waals surface area contributed by atoms with Gasteiger partial charge in [0, 0.05) is 5.69 Å². The monoisotopic (exact) mass is 192 g/mol. The number of rotatable bonds is 1. The van der Waals surface area contributed by atoms with Crippen LogP contribution < -0.4 is 10.4 Å². The number of aryl methyl sites for hydroxylation is 2. The van der Waals surface area contributed by atoms with E-state index in [4.69, 9.17) is 0 Å². The van der Waals surface area contributed by atoms with Crippen LogP contribution in [-0.4, -0.2) is 11.9 Å². The maximum Gasteiger partial charge on any atom is 0.271 e. The van der Waals surface area contributed by atoms with Crippen molar-refractivity contribution < 1.29 is 14.7 Å². The lowest BCUT2D eigenvalue weighted by atomic mass is 10.1. The molecule has 0 saturated heterocycles. The summed E-state index contributed by atoms with van der Waals surface area (Å²) in [4.78, 5) is 20.9. The van der Waals surface area contributed by atoms with Crippen LogP contribution in [0.2, 0.25) is 0 Å². The second kappa shape index (κ2) is 3.91. The van der Waals surface area contributed by atoms with Gasteiger partial charge in [0.2, 0.25) is 0 Å². The molecule has 4 heteroatoms. The number of carboxylic acids is 1. The van der Waals surface area contributed by atoms with Gasteiger partial charge >= 0.3 is 0 Å². The third-order valence-corrected chi connectivity index (χ3v) is 1.95. The van der Waals surface area contributed by atoms with Crippen LogP contribution in [0.25, 0.3) is 0 Å². The summed E-state index contributed by atoms with van der Waals surface area (Å²) in [7, 11) is 0. The number of nitrogens with one attached hydrogen (secondary N) is 1. The van der Waals surface area contributed by atoms with Crippen LogP contribution in [0.15, 0.2) is 18.2 Å². The summed E-state index contributed by atoms with van der Waals surface area (Å²) in [5.74, 6) is -2.86. The lowest BCUT2D eigenvalue weighted by Crippen LogP contribution is -2.36. The van der Waals surface area contributed by atoms with E-state index in [1.807, 2.05) is 13.8 Å². The first-order valence-corrected chi connectivity index (χ1v) is 4.10. The maximum atomic E-state index is 10.7. The highest BCUT2D eigenvalue weighted by Crippen LogP contribution is 2.13. The first-order valence-electron chi connectivity index (χ1n) is 4.10. The Morgan fingerprint density at radius 1 is 1.21 bits per heavy atom. The Kier molecular flexibility index (Phi) is 2.86. The molecule has 0 heterocycles. The van der Waals surface area contributed by atoms with E-state index < -0.39 is 11.9 Å². The van der Waals surface area contributed by atoms with E-state index in [2.05, 4.69) is 5.32 Å². The molecule has 1 aromatic rings. The number of carbonyl (C=O) groups excluding carboxylic acids is 2. The Morgan fingerprint density at radius 3 is 2.36 bits per heavy atom. The van der Waals surface area contributed by atoms with Crippen LogP contribution in [0.4, 0.5) is 5.69 Å².